The molecule has 1 aliphatic rings. The molecule has 0 atom stereocenters. The van der Waals surface area contributed by atoms with Crippen LogP contribution < -0.4 is 5.32 Å². The van der Waals surface area contributed by atoms with Crippen molar-refractivity contribution in [1.29, 1.82) is 0 Å². The first kappa shape index (κ1) is 16.2. The van der Waals surface area contributed by atoms with Gasteiger partial charge in [0.25, 0.3) is 5.91 Å². The predicted octanol–water partition coefficient (Wildman–Crippen LogP) is 4.83. The Bertz CT molecular complexity index is 1030. The Morgan fingerprint density at radius 3 is 2.68 bits per heavy atom. The lowest BCUT2D eigenvalue weighted by molar-refractivity contribution is -0.115. The Kier molecular flexibility index (Phi) is 4.23. The van der Waals surface area contributed by atoms with Crippen LogP contribution >= 0.6 is 27.7 Å². The molecule has 4 nitrogen and oxygen atoms in total. The summed E-state index contributed by atoms with van der Waals surface area (Å²) in [7, 11) is 2.00. The summed E-state index contributed by atoms with van der Waals surface area (Å²) in [4.78, 5) is 17.4. The van der Waals surface area contributed by atoms with Gasteiger partial charge in [-0.05, 0) is 54.2 Å². The van der Waals surface area contributed by atoms with E-state index in [2.05, 4.69) is 49.0 Å². The summed E-state index contributed by atoms with van der Waals surface area (Å²) in [6.07, 6.45) is 1.91. The average Bonchev–Trinajstić information content (AvgIpc) is 3.11. The van der Waals surface area contributed by atoms with Crippen LogP contribution in [0, 0.1) is 0 Å². The number of hydrogen-bond acceptors (Lipinski definition) is 3. The van der Waals surface area contributed by atoms with Gasteiger partial charge in [-0.25, -0.2) is 4.99 Å². The Morgan fingerprint density at radius 1 is 1.16 bits per heavy atom. The van der Waals surface area contributed by atoms with Gasteiger partial charge in [0.1, 0.15) is 0 Å². The molecule has 3 aromatic rings. The van der Waals surface area contributed by atoms with Gasteiger partial charge in [0.05, 0.1) is 10.6 Å². The number of carbonyl (C=O) groups excluding carboxylic acids is 1. The Morgan fingerprint density at radius 2 is 1.92 bits per heavy atom. The van der Waals surface area contributed by atoms with Gasteiger partial charge in [0, 0.05) is 28.1 Å². The molecule has 1 aliphatic heterocycles. The lowest BCUT2D eigenvalue weighted by atomic mass is 10.2. The van der Waals surface area contributed by atoms with Crippen LogP contribution in [0.3, 0.4) is 0 Å². The van der Waals surface area contributed by atoms with Crippen LogP contribution in [0.2, 0.25) is 0 Å². The van der Waals surface area contributed by atoms with Crippen LogP contribution in [0.4, 0.5) is 5.69 Å². The highest BCUT2D eigenvalue weighted by Gasteiger charge is 2.24. The van der Waals surface area contributed by atoms with Gasteiger partial charge >= 0.3 is 0 Å². The van der Waals surface area contributed by atoms with Gasteiger partial charge in [-0.15, -0.1) is 0 Å². The fourth-order valence-corrected chi connectivity index (χ4v) is 3.79. The third kappa shape index (κ3) is 3.27. The minimum Gasteiger partial charge on any atom is -0.344 e. The molecule has 1 fully saturated rings. The Labute approximate surface area is 157 Å². The van der Waals surface area contributed by atoms with Crippen molar-refractivity contribution in [2.45, 2.75) is 0 Å². The summed E-state index contributed by atoms with van der Waals surface area (Å²) in [6.45, 7) is 0. The Balaban J connectivity index is 1.64. The molecule has 4 rings (SSSR count). The van der Waals surface area contributed by atoms with Gasteiger partial charge in [0.15, 0.2) is 5.17 Å². The van der Waals surface area contributed by atoms with E-state index in [9.17, 15) is 4.79 Å². The molecular weight excluding hydrogens is 398 g/mol. The number of halogens is 1. The summed E-state index contributed by atoms with van der Waals surface area (Å²) < 4.78 is 3.08. The van der Waals surface area contributed by atoms with Crippen molar-refractivity contribution in [2.24, 2.45) is 12.0 Å². The van der Waals surface area contributed by atoms with Crippen molar-refractivity contribution >= 4 is 61.4 Å². The molecule has 2 aromatic carbocycles. The number of amides is 1. The molecule has 0 aliphatic carbocycles. The molecular formula is C19H14BrN3OS. The van der Waals surface area contributed by atoms with E-state index in [4.69, 9.17) is 0 Å². The van der Waals surface area contributed by atoms with Gasteiger partial charge in [-0.3, -0.25) is 4.79 Å². The third-order valence-corrected chi connectivity index (χ3v) is 5.41. The number of amidine groups is 1. The van der Waals surface area contributed by atoms with Crippen molar-refractivity contribution in [1.82, 2.24) is 9.88 Å². The van der Waals surface area contributed by atoms with E-state index >= 15 is 0 Å². The normalized spacial score (nSPS) is 17.6. The van der Waals surface area contributed by atoms with Gasteiger partial charge in [0.2, 0.25) is 0 Å². The lowest BCUT2D eigenvalue weighted by Crippen LogP contribution is -2.19. The number of aliphatic imine (C=N–C) groups is 1. The van der Waals surface area contributed by atoms with Crippen LogP contribution in [0.25, 0.3) is 17.0 Å². The number of nitrogens with one attached hydrogen (secondary N) is 1. The molecule has 2 heterocycles. The van der Waals surface area contributed by atoms with Crippen LogP contribution in [-0.4, -0.2) is 15.6 Å². The second-order valence-corrected chi connectivity index (χ2v) is 7.59. The fourth-order valence-electron chi connectivity index (χ4n) is 2.70. The second kappa shape index (κ2) is 6.54. The predicted molar refractivity (Wildman–Crippen MR) is 108 cm³/mol. The van der Waals surface area contributed by atoms with Crippen molar-refractivity contribution in [2.75, 3.05) is 0 Å². The van der Waals surface area contributed by atoms with E-state index in [1.165, 1.54) is 11.8 Å². The number of fused-ring (bicyclic) bond motifs is 1. The minimum absolute atomic E-state index is 0.119. The molecule has 0 radical (unpaired) electrons. The molecule has 124 valence electrons. The number of thioether (sulfide) groups is 1. The fraction of sp³-hybridized carbons (Fsp3) is 0.0526. The third-order valence-electron chi connectivity index (χ3n) is 3.98. The maximum atomic E-state index is 12.3. The Hall–Kier alpha value is -2.31. The van der Waals surface area contributed by atoms with Crippen molar-refractivity contribution in [3.05, 3.63) is 69.7 Å². The first-order valence-electron chi connectivity index (χ1n) is 7.70. The molecule has 1 amide bonds. The monoisotopic (exact) mass is 411 g/mol. The molecule has 25 heavy (non-hydrogen) atoms. The second-order valence-electron chi connectivity index (χ2n) is 5.65. The van der Waals surface area contributed by atoms with E-state index in [1.807, 2.05) is 49.5 Å². The van der Waals surface area contributed by atoms with Crippen molar-refractivity contribution < 1.29 is 4.79 Å². The number of rotatable bonds is 2. The smallest absolute Gasteiger partial charge is 0.264 e. The number of nitrogens with zero attached hydrogens (tertiary/aromatic N) is 2. The van der Waals surface area contributed by atoms with Crippen LogP contribution in [0.1, 0.15) is 5.69 Å². The highest BCUT2D eigenvalue weighted by Crippen LogP contribution is 2.29. The van der Waals surface area contributed by atoms with Gasteiger partial charge in [-0.1, -0.05) is 34.1 Å². The first-order valence-corrected chi connectivity index (χ1v) is 9.31. The van der Waals surface area contributed by atoms with Crippen LogP contribution in [-0.2, 0) is 11.8 Å². The SMILES string of the molecule is Cn1c(/C=C2/SC(=Nc3ccc(Br)cc3)NC2=O)cc2ccccc21. The summed E-state index contributed by atoms with van der Waals surface area (Å²) >= 11 is 4.76. The molecule has 0 saturated carbocycles. The first-order chi connectivity index (χ1) is 12.1. The summed E-state index contributed by atoms with van der Waals surface area (Å²) in [5.74, 6) is -0.119. The zero-order chi connectivity index (χ0) is 17.4. The van der Waals surface area contributed by atoms with E-state index in [1.54, 1.807) is 0 Å². The number of carbonyl (C=O) groups is 1. The highest BCUT2D eigenvalue weighted by atomic mass is 79.9. The summed E-state index contributed by atoms with van der Waals surface area (Å²) in [6, 6.07) is 17.9. The standard InChI is InChI=1S/C19H14BrN3OS/c1-23-15(10-12-4-2-3-5-16(12)23)11-17-18(24)22-19(25-17)21-14-8-6-13(20)7-9-14/h2-11H,1H3,(H,21,22,24)/b17-11+. The molecule has 0 spiro atoms. The molecule has 6 heteroatoms. The van der Waals surface area contributed by atoms with Crippen molar-refractivity contribution in [3.8, 4) is 0 Å². The maximum Gasteiger partial charge on any atom is 0.264 e. The molecule has 1 aromatic heterocycles. The average molecular weight is 412 g/mol. The quantitative estimate of drug-likeness (QED) is 0.613. The number of benzene rings is 2. The number of aromatic nitrogens is 1. The zero-order valence-corrected chi connectivity index (χ0v) is 15.8. The topological polar surface area (TPSA) is 46.4 Å². The van der Waals surface area contributed by atoms with Crippen LogP contribution in [0.5, 0.6) is 0 Å². The summed E-state index contributed by atoms with van der Waals surface area (Å²) in [5.41, 5.74) is 2.93. The number of hydrogen-bond donors (Lipinski definition) is 1. The number of para-hydroxylation sites is 1. The van der Waals surface area contributed by atoms with Gasteiger partial charge in [-0.2, -0.15) is 0 Å². The van der Waals surface area contributed by atoms with E-state index in [0.29, 0.717) is 10.1 Å². The molecule has 0 unspecified atom stereocenters. The van der Waals surface area contributed by atoms with Crippen molar-refractivity contribution in [3.63, 3.8) is 0 Å². The van der Waals surface area contributed by atoms with Gasteiger partial charge < -0.3 is 9.88 Å². The minimum atomic E-state index is -0.119. The maximum absolute atomic E-state index is 12.3. The zero-order valence-electron chi connectivity index (χ0n) is 13.4. The lowest BCUT2D eigenvalue weighted by Gasteiger charge is -1.99. The largest absolute Gasteiger partial charge is 0.344 e. The van der Waals surface area contributed by atoms with E-state index in [-0.39, 0.29) is 5.91 Å². The molecule has 1 saturated heterocycles. The molecule has 1 N–H and O–H groups in total. The van der Waals surface area contributed by atoms with E-state index < -0.39 is 0 Å². The van der Waals surface area contributed by atoms with Crippen LogP contribution in [0.15, 0.2) is 69.0 Å². The molecule has 0 bridgehead atoms. The summed E-state index contributed by atoms with van der Waals surface area (Å²) in [5, 5.41) is 4.58. The van der Waals surface area contributed by atoms with E-state index in [0.717, 1.165) is 26.8 Å². The highest BCUT2D eigenvalue weighted by molar-refractivity contribution is 9.10. The number of aryl methyl sites for hydroxylation is 1.